The van der Waals surface area contributed by atoms with E-state index in [0.29, 0.717) is 5.56 Å². The van der Waals surface area contributed by atoms with Crippen LogP contribution in [0.5, 0.6) is 0 Å². The minimum atomic E-state index is -0.523. The molecule has 1 heterocycles. The molecule has 0 amide bonds. The lowest BCUT2D eigenvalue weighted by molar-refractivity contribution is 0.0535. The van der Waals surface area contributed by atoms with Crippen molar-refractivity contribution in [2.24, 2.45) is 0 Å². The summed E-state index contributed by atoms with van der Waals surface area (Å²) in [6, 6.07) is 0. The standard InChI is InChI=1S/C8H2Cl4O2.C2H4/c9-4-2-1-14-8(13)3(2)5(10)7(12)6(4)11;1-2/h1H2;1-2H2. The van der Waals surface area contributed by atoms with Crippen molar-refractivity contribution < 1.29 is 9.53 Å². The highest BCUT2D eigenvalue weighted by atomic mass is 35.5. The summed E-state index contributed by atoms with van der Waals surface area (Å²) in [4.78, 5) is 11.2. The fourth-order valence-corrected chi connectivity index (χ4v) is 2.26. The van der Waals surface area contributed by atoms with Gasteiger partial charge in [-0.15, -0.1) is 13.2 Å². The number of carbonyl (C=O) groups excluding carboxylic acids is 1. The summed E-state index contributed by atoms with van der Waals surface area (Å²) in [5.74, 6) is -0.523. The second kappa shape index (κ2) is 5.28. The van der Waals surface area contributed by atoms with Crippen LogP contribution < -0.4 is 0 Å². The molecule has 0 aliphatic carbocycles. The molecule has 1 aromatic rings. The van der Waals surface area contributed by atoms with Crippen LogP contribution in [0, 0.1) is 0 Å². The third kappa shape index (κ3) is 2.03. The number of carbonyl (C=O) groups is 1. The van der Waals surface area contributed by atoms with Gasteiger partial charge < -0.3 is 4.74 Å². The van der Waals surface area contributed by atoms with Gasteiger partial charge in [-0.2, -0.15) is 0 Å². The maximum Gasteiger partial charge on any atom is 0.340 e. The van der Waals surface area contributed by atoms with Crippen molar-refractivity contribution in [1.29, 1.82) is 0 Å². The summed E-state index contributed by atoms with van der Waals surface area (Å²) in [6.45, 7) is 6.09. The number of hydrogen-bond acceptors (Lipinski definition) is 2. The molecule has 0 unspecified atom stereocenters. The summed E-state index contributed by atoms with van der Waals surface area (Å²) in [6.07, 6.45) is 0. The first-order valence-electron chi connectivity index (χ1n) is 4.06. The molecule has 0 saturated heterocycles. The van der Waals surface area contributed by atoms with Gasteiger partial charge in [0, 0.05) is 5.56 Å². The number of hydrogen-bond donors (Lipinski definition) is 0. The third-order valence-electron chi connectivity index (χ3n) is 1.92. The molecule has 6 heteroatoms. The summed E-state index contributed by atoms with van der Waals surface area (Å²) >= 11 is 23.3. The van der Waals surface area contributed by atoms with Crippen LogP contribution in [0.25, 0.3) is 0 Å². The first kappa shape index (κ1) is 13.7. The van der Waals surface area contributed by atoms with E-state index in [2.05, 4.69) is 13.2 Å². The summed E-state index contributed by atoms with van der Waals surface area (Å²) < 4.78 is 4.77. The van der Waals surface area contributed by atoms with Gasteiger partial charge in [0.25, 0.3) is 0 Å². The Bertz CT molecular complexity index is 457. The first-order valence-corrected chi connectivity index (χ1v) is 5.57. The number of fused-ring (bicyclic) bond motifs is 1. The van der Waals surface area contributed by atoms with Crippen molar-refractivity contribution in [3.05, 3.63) is 44.4 Å². The average Bonchev–Trinajstić information content (AvgIpc) is 2.68. The van der Waals surface area contributed by atoms with Crippen LogP contribution in [-0.4, -0.2) is 5.97 Å². The Balaban J connectivity index is 0.000000606. The molecule has 0 N–H and O–H groups in total. The molecule has 1 aliphatic heterocycles. The highest BCUT2D eigenvalue weighted by Gasteiger charge is 2.30. The van der Waals surface area contributed by atoms with Gasteiger partial charge in [-0.05, 0) is 0 Å². The molecule has 0 radical (unpaired) electrons. The summed E-state index contributed by atoms with van der Waals surface area (Å²) in [5, 5.41) is 0.548. The maximum atomic E-state index is 11.2. The molecular weight excluding hydrogens is 294 g/mol. The molecule has 1 aliphatic rings. The Morgan fingerprint density at radius 3 is 2.00 bits per heavy atom. The van der Waals surface area contributed by atoms with Gasteiger partial charge in [-0.25, -0.2) is 4.79 Å². The van der Waals surface area contributed by atoms with E-state index in [-0.39, 0.29) is 32.3 Å². The van der Waals surface area contributed by atoms with Gasteiger partial charge in [0.2, 0.25) is 0 Å². The van der Waals surface area contributed by atoms with Crippen molar-refractivity contribution in [3.8, 4) is 0 Å². The largest absolute Gasteiger partial charge is 0.457 e. The van der Waals surface area contributed by atoms with E-state index in [0.717, 1.165) is 0 Å². The van der Waals surface area contributed by atoms with Gasteiger partial charge in [-0.3, -0.25) is 0 Å². The molecule has 2 rings (SSSR count). The molecule has 0 atom stereocenters. The lowest BCUT2D eigenvalue weighted by atomic mass is 10.1. The van der Waals surface area contributed by atoms with Crippen LogP contribution in [-0.2, 0) is 11.3 Å². The minimum absolute atomic E-state index is 0.0796. The van der Waals surface area contributed by atoms with Crippen molar-refractivity contribution in [3.63, 3.8) is 0 Å². The van der Waals surface area contributed by atoms with Crippen molar-refractivity contribution in [2.45, 2.75) is 6.61 Å². The predicted molar refractivity (Wildman–Crippen MR) is 66.9 cm³/mol. The minimum Gasteiger partial charge on any atom is -0.457 e. The van der Waals surface area contributed by atoms with Crippen LogP contribution in [0.2, 0.25) is 20.1 Å². The van der Waals surface area contributed by atoms with Crippen LogP contribution in [0.4, 0.5) is 0 Å². The van der Waals surface area contributed by atoms with Gasteiger partial charge in [0.05, 0.1) is 25.7 Å². The first-order chi connectivity index (χ1) is 7.54. The molecule has 1 aromatic carbocycles. The number of halogens is 4. The van der Waals surface area contributed by atoms with Crippen LogP contribution >= 0.6 is 46.4 Å². The van der Waals surface area contributed by atoms with E-state index in [1.54, 1.807) is 0 Å². The topological polar surface area (TPSA) is 26.3 Å². The Morgan fingerprint density at radius 2 is 1.44 bits per heavy atom. The monoisotopic (exact) mass is 298 g/mol. The Kier molecular flexibility index (Phi) is 4.51. The van der Waals surface area contributed by atoms with Crippen LogP contribution in [0.3, 0.4) is 0 Å². The SMILES string of the molecule is C=C.O=C1OCc2c(Cl)c(Cl)c(Cl)c(Cl)c21. The molecule has 0 fully saturated rings. The zero-order chi connectivity index (χ0) is 12.5. The Labute approximate surface area is 113 Å². The van der Waals surface area contributed by atoms with Crippen LogP contribution in [0.1, 0.15) is 15.9 Å². The summed E-state index contributed by atoms with van der Waals surface area (Å²) in [5.41, 5.74) is 0.710. The number of benzene rings is 1. The number of cyclic esters (lactones) is 1. The highest BCUT2D eigenvalue weighted by Crippen LogP contribution is 2.43. The molecule has 0 aromatic heterocycles. The fourth-order valence-electron chi connectivity index (χ4n) is 1.24. The van der Waals surface area contributed by atoms with Crippen molar-refractivity contribution in [1.82, 2.24) is 0 Å². The molecule has 0 saturated carbocycles. The van der Waals surface area contributed by atoms with E-state index >= 15 is 0 Å². The quantitative estimate of drug-likeness (QED) is 0.298. The van der Waals surface area contributed by atoms with E-state index in [1.807, 2.05) is 0 Å². The molecule has 0 spiro atoms. The Hall–Kier alpha value is -0.410. The molecule has 16 heavy (non-hydrogen) atoms. The van der Waals surface area contributed by atoms with E-state index < -0.39 is 5.97 Å². The second-order valence-electron chi connectivity index (χ2n) is 2.69. The fraction of sp³-hybridized carbons (Fsp3) is 0.100. The smallest absolute Gasteiger partial charge is 0.340 e. The van der Waals surface area contributed by atoms with E-state index in [4.69, 9.17) is 51.1 Å². The maximum absolute atomic E-state index is 11.2. The second-order valence-corrected chi connectivity index (χ2v) is 4.20. The molecule has 2 nitrogen and oxygen atoms in total. The van der Waals surface area contributed by atoms with Gasteiger partial charge in [0.1, 0.15) is 6.61 Å². The molecular formula is C10H6Cl4O2. The Morgan fingerprint density at radius 1 is 0.938 bits per heavy atom. The number of ether oxygens (including phenoxy) is 1. The zero-order valence-electron chi connectivity index (χ0n) is 7.95. The lowest BCUT2D eigenvalue weighted by Crippen LogP contribution is -1.96. The highest BCUT2D eigenvalue weighted by molar-refractivity contribution is 6.53. The normalized spacial score (nSPS) is 12.6. The summed E-state index contributed by atoms with van der Waals surface area (Å²) in [7, 11) is 0. The third-order valence-corrected chi connectivity index (χ3v) is 3.76. The average molecular weight is 300 g/mol. The zero-order valence-corrected chi connectivity index (χ0v) is 11.0. The van der Waals surface area contributed by atoms with Gasteiger partial charge in [0.15, 0.2) is 0 Å². The molecule has 0 bridgehead atoms. The number of rotatable bonds is 0. The van der Waals surface area contributed by atoms with E-state index in [9.17, 15) is 4.79 Å². The predicted octanol–water partition coefficient (Wildman–Crippen LogP) is 4.77. The lowest BCUT2D eigenvalue weighted by Gasteiger charge is -2.05. The van der Waals surface area contributed by atoms with Crippen molar-refractivity contribution >= 4 is 52.4 Å². The van der Waals surface area contributed by atoms with E-state index in [1.165, 1.54) is 0 Å². The van der Waals surface area contributed by atoms with Crippen molar-refractivity contribution in [2.75, 3.05) is 0 Å². The van der Waals surface area contributed by atoms with Gasteiger partial charge in [-0.1, -0.05) is 46.4 Å². The van der Waals surface area contributed by atoms with Gasteiger partial charge >= 0.3 is 5.97 Å². The molecule has 86 valence electrons. The van der Waals surface area contributed by atoms with Crippen LogP contribution in [0.15, 0.2) is 13.2 Å². The number of esters is 1.